The van der Waals surface area contributed by atoms with E-state index in [-0.39, 0.29) is 6.61 Å². The van der Waals surface area contributed by atoms with Gasteiger partial charge in [0, 0.05) is 4.47 Å². The van der Waals surface area contributed by atoms with Crippen LogP contribution in [0.25, 0.3) is 0 Å². The normalized spacial score (nSPS) is 19.1. The second-order valence-electron chi connectivity index (χ2n) is 5.14. The summed E-state index contributed by atoms with van der Waals surface area (Å²) in [6, 6.07) is 8.01. The molecule has 1 heterocycles. The zero-order valence-corrected chi connectivity index (χ0v) is 13.0. The van der Waals surface area contributed by atoms with Gasteiger partial charge in [-0.2, -0.15) is 0 Å². The highest BCUT2D eigenvalue weighted by Crippen LogP contribution is 2.37. The van der Waals surface area contributed by atoms with Crippen LogP contribution in [0.2, 0.25) is 0 Å². The Labute approximate surface area is 127 Å². The van der Waals surface area contributed by atoms with Gasteiger partial charge in [0.15, 0.2) is 0 Å². The number of carbonyl (C=O) groups is 1. The summed E-state index contributed by atoms with van der Waals surface area (Å²) in [6.45, 7) is 1.65. The third kappa shape index (κ3) is 4.04. The first-order valence-electron chi connectivity index (χ1n) is 6.95. The Balaban J connectivity index is 2.27. The fourth-order valence-corrected chi connectivity index (χ4v) is 3.14. The molecule has 0 radical (unpaired) electrons. The Kier molecular flexibility index (Phi) is 5.57. The van der Waals surface area contributed by atoms with Gasteiger partial charge in [-0.1, -0.05) is 28.1 Å². The third-order valence-corrected chi connectivity index (χ3v) is 4.18. The monoisotopic (exact) mass is 341 g/mol. The number of rotatable bonds is 4. The van der Waals surface area contributed by atoms with Gasteiger partial charge < -0.3 is 15.2 Å². The van der Waals surface area contributed by atoms with Crippen molar-refractivity contribution in [3.05, 3.63) is 34.3 Å². The van der Waals surface area contributed by atoms with E-state index < -0.39 is 11.6 Å². The summed E-state index contributed by atoms with van der Waals surface area (Å²) >= 11 is 3.48. The van der Waals surface area contributed by atoms with Crippen LogP contribution in [-0.4, -0.2) is 30.8 Å². The summed E-state index contributed by atoms with van der Waals surface area (Å²) in [5, 5.41) is 12.3. The molecule has 1 aliphatic heterocycles. The van der Waals surface area contributed by atoms with Crippen molar-refractivity contribution >= 4 is 21.9 Å². The molecule has 1 saturated heterocycles. The van der Waals surface area contributed by atoms with Crippen LogP contribution in [0, 0.1) is 0 Å². The van der Waals surface area contributed by atoms with Gasteiger partial charge in [-0.3, -0.25) is 0 Å². The van der Waals surface area contributed by atoms with Gasteiger partial charge in [-0.25, -0.2) is 4.79 Å². The zero-order valence-electron chi connectivity index (χ0n) is 11.4. The molecule has 0 unspecified atom stereocenters. The molecule has 110 valence electrons. The van der Waals surface area contributed by atoms with Crippen molar-refractivity contribution in [1.29, 1.82) is 0 Å². The Hall–Kier alpha value is -0.910. The predicted molar refractivity (Wildman–Crippen MR) is 80.7 cm³/mol. The van der Waals surface area contributed by atoms with Gasteiger partial charge in [0.2, 0.25) is 0 Å². The van der Waals surface area contributed by atoms with Gasteiger partial charge in [-0.05, 0) is 56.5 Å². The molecule has 4 nitrogen and oxygen atoms in total. The summed E-state index contributed by atoms with van der Waals surface area (Å²) in [5.74, 6) is -0.917. The second-order valence-corrected chi connectivity index (χ2v) is 6.06. The van der Waals surface area contributed by atoms with Crippen molar-refractivity contribution in [2.45, 2.75) is 31.3 Å². The fourth-order valence-electron chi connectivity index (χ4n) is 2.74. The van der Waals surface area contributed by atoms with E-state index in [0.29, 0.717) is 0 Å². The van der Waals surface area contributed by atoms with Crippen molar-refractivity contribution in [2.24, 2.45) is 0 Å². The predicted octanol–water partition coefficient (Wildman–Crippen LogP) is 2.91. The maximum atomic E-state index is 10.9. The summed E-state index contributed by atoms with van der Waals surface area (Å²) in [7, 11) is 0. The molecular weight excluding hydrogens is 322 g/mol. The highest BCUT2D eigenvalue weighted by atomic mass is 79.9. The highest BCUT2D eigenvalue weighted by Gasteiger charge is 2.34. The maximum Gasteiger partial charge on any atom is 0.329 e. The largest absolute Gasteiger partial charge is 0.480 e. The first-order chi connectivity index (χ1) is 9.62. The average molecular weight is 342 g/mol. The summed E-state index contributed by atoms with van der Waals surface area (Å²) in [6.07, 6.45) is 3.63. The lowest BCUT2D eigenvalue weighted by Gasteiger charge is -2.36. The molecule has 1 fully saturated rings. The average Bonchev–Trinajstić information content (AvgIpc) is 2.38. The van der Waals surface area contributed by atoms with Crippen molar-refractivity contribution in [1.82, 2.24) is 5.32 Å². The number of carboxylic acids is 1. The SMILES string of the molecule is O=C(O)COC1(c2cccc(Br)c2)CCCNCCC1. The maximum absolute atomic E-state index is 10.9. The van der Waals surface area contributed by atoms with Crippen LogP contribution in [-0.2, 0) is 15.1 Å². The lowest BCUT2D eigenvalue weighted by Crippen LogP contribution is -2.36. The summed E-state index contributed by atoms with van der Waals surface area (Å²) in [5.41, 5.74) is 0.583. The van der Waals surface area contributed by atoms with Crippen molar-refractivity contribution in [2.75, 3.05) is 19.7 Å². The molecule has 0 aliphatic carbocycles. The van der Waals surface area contributed by atoms with Gasteiger partial charge in [0.05, 0.1) is 5.60 Å². The summed E-state index contributed by atoms with van der Waals surface area (Å²) in [4.78, 5) is 10.9. The summed E-state index contributed by atoms with van der Waals surface area (Å²) < 4.78 is 6.85. The van der Waals surface area contributed by atoms with Crippen LogP contribution >= 0.6 is 15.9 Å². The van der Waals surface area contributed by atoms with Crippen molar-refractivity contribution in [3.63, 3.8) is 0 Å². The van der Waals surface area contributed by atoms with E-state index in [2.05, 4.69) is 21.2 Å². The Morgan fingerprint density at radius 3 is 2.65 bits per heavy atom. The number of aliphatic carboxylic acids is 1. The number of hydrogen-bond acceptors (Lipinski definition) is 3. The lowest BCUT2D eigenvalue weighted by atomic mass is 9.83. The van der Waals surface area contributed by atoms with E-state index >= 15 is 0 Å². The molecule has 0 atom stereocenters. The van der Waals surface area contributed by atoms with Crippen molar-refractivity contribution in [3.8, 4) is 0 Å². The van der Waals surface area contributed by atoms with Gasteiger partial charge in [-0.15, -0.1) is 0 Å². The van der Waals surface area contributed by atoms with Crippen LogP contribution in [0.4, 0.5) is 0 Å². The quantitative estimate of drug-likeness (QED) is 0.883. The molecule has 0 aromatic heterocycles. The molecule has 0 amide bonds. The molecule has 2 rings (SSSR count). The van der Waals surface area contributed by atoms with Crippen molar-refractivity contribution < 1.29 is 14.6 Å². The van der Waals surface area contributed by atoms with Gasteiger partial charge >= 0.3 is 5.97 Å². The molecular formula is C15H20BrNO3. The van der Waals surface area contributed by atoms with Crippen LogP contribution in [0.1, 0.15) is 31.2 Å². The van der Waals surface area contributed by atoms with Gasteiger partial charge in [0.1, 0.15) is 6.61 Å². The van der Waals surface area contributed by atoms with E-state index in [9.17, 15) is 4.79 Å². The third-order valence-electron chi connectivity index (χ3n) is 3.69. The first-order valence-corrected chi connectivity index (χ1v) is 7.74. The van der Waals surface area contributed by atoms with E-state index in [0.717, 1.165) is 48.8 Å². The van der Waals surface area contributed by atoms with Crippen LogP contribution < -0.4 is 5.32 Å². The second kappa shape index (κ2) is 7.20. The smallest absolute Gasteiger partial charge is 0.329 e. The molecule has 0 saturated carbocycles. The number of ether oxygens (including phenoxy) is 1. The minimum atomic E-state index is -0.917. The molecule has 1 aliphatic rings. The zero-order chi connectivity index (χ0) is 14.4. The molecule has 0 spiro atoms. The number of hydrogen-bond donors (Lipinski definition) is 2. The highest BCUT2D eigenvalue weighted by molar-refractivity contribution is 9.10. The van der Waals surface area contributed by atoms with Gasteiger partial charge in [0.25, 0.3) is 0 Å². The fraction of sp³-hybridized carbons (Fsp3) is 0.533. The molecule has 1 aromatic carbocycles. The van der Waals surface area contributed by atoms with Crippen LogP contribution in [0.3, 0.4) is 0 Å². The topological polar surface area (TPSA) is 58.6 Å². The molecule has 1 aromatic rings. The lowest BCUT2D eigenvalue weighted by molar-refractivity contribution is -0.152. The van der Waals surface area contributed by atoms with E-state index in [4.69, 9.17) is 9.84 Å². The first kappa shape index (κ1) is 15.5. The number of benzene rings is 1. The minimum absolute atomic E-state index is 0.250. The molecule has 20 heavy (non-hydrogen) atoms. The molecule has 2 N–H and O–H groups in total. The Morgan fingerprint density at radius 1 is 1.35 bits per heavy atom. The minimum Gasteiger partial charge on any atom is -0.480 e. The van der Waals surface area contributed by atoms with Crippen LogP contribution in [0.5, 0.6) is 0 Å². The number of nitrogens with one attached hydrogen (secondary N) is 1. The standard InChI is InChI=1S/C15H20BrNO3/c16-13-5-1-4-12(10-13)15(20-11-14(18)19)6-2-8-17-9-3-7-15/h1,4-5,10,17H,2-3,6-9,11H2,(H,18,19). The van der Waals surface area contributed by atoms with Crippen LogP contribution in [0.15, 0.2) is 28.7 Å². The Bertz CT molecular complexity index is 456. The number of carboxylic acid groups (broad SMARTS) is 1. The molecule has 0 bridgehead atoms. The van der Waals surface area contributed by atoms with E-state index in [1.165, 1.54) is 0 Å². The van der Waals surface area contributed by atoms with E-state index in [1.54, 1.807) is 0 Å². The molecule has 5 heteroatoms. The number of halogens is 1. The Morgan fingerprint density at radius 2 is 2.05 bits per heavy atom. The van der Waals surface area contributed by atoms with E-state index in [1.807, 2.05) is 24.3 Å².